The molecule has 0 bridgehead atoms. The molecule has 0 N–H and O–H groups in total. The van der Waals surface area contributed by atoms with Crippen molar-refractivity contribution in [3.8, 4) is 0 Å². The Balaban J connectivity index is 0.00000357. The highest BCUT2D eigenvalue weighted by atomic mass is 35.5. The lowest BCUT2D eigenvalue weighted by atomic mass is 9.65. The van der Waals surface area contributed by atoms with E-state index in [1.807, 2.05) is 0 Å². The van der Waals surface area contributed by atoms with Gasteiger partial charge in [0, 0.05) is 5.56 Å². The van der Waals surface area contributed by atoms with Crippen LogP contribution in [0.4, 0.5) is 0 Å². The maximum atomic E-state index is 2.40. The second-order valence-corrected chi connectivity index (χ2v) is 14.4. The highest BCUT2D eigenvalue weighted by Crippen LogP contribution is 2.57. The SMILES string of the molecule is [Cl-].c1ccc(C(c2ccccc2)(c2ccccc2)c2ccccc2[P+](c2ccccc2)(c2ccccc2)c2ccccc2)cc1. The summed E-state index contributed by atoms with van der Waals surface area (Å²) in [5.41, 5.74) is 4.48. The van der Waals surface area contributed by atoms with Crippen molar-refractivity contribution in [2.75, 3.05) is 0 Å². The minimum atomic E-state index is -2.40. The van der Waals surface area contributed by atoms with E-state index in [2.05, 4.69) is 206 Å². The largest absolute Gasteiger partial charge is 1.00 e. The van der Waals surface area contributed by atoms with E-state index < -0.39 is 12.7 Å². The third-order valence-electron chi connectivity index (χ3n) is 8.72. The predicted molar refractivity (Wildman–Crippen MR) is 190 cm³/mol. The first-order chi connectivity index (χ1) is 21.9. The summed E-state index contributed by atoms with van der Waals surface area (Å²) < 4.78 is 0. The number of rotatable bonds is 8. The van der Waals surface area contributed by atoms with Crippen molar-refractivity contribution in [3.63, 3.8) is 0 Å². The molecule has 7 rings (SSSR count). The van der Waals surface area contributed by atoms with Gasteiger partial charge in [-0.2, -0.15) is 0 Å². The average Bonchev–Trinajstić information content (AvgIpc) is 3.12. The maximum Gasteiger partial charge on any atom is 0.144 e. The van der Waals surface area contributed by atoms with E-state index in [4.69, 9.17) is 0 Å². The standard InChI is InChI=1S/C43H34P.ClH/c1-7-21-35(22-8-1)43(36-23-9-2-10-24-36,37-25-11-3-12-26-37)41-33-19-20-34-42(41)44(38-27-13-4-14-28-38,39-29-15-5-16-30-39)40-31-17-6-18-32-40;/h1-34H;1H/q+1;/p-1. The Bertz CT molecular complexity index is 1590. The quantitative estimate of drug-likeness (QED) is 0.152. The molecule has 7 aromatic carbocycles. The fraction of sp³-hybridized carbons (Fsp3) is 0.0233. The molecule has 0 saturated carbocycles. The van der Waals surface area contributed by atoms with Gasteiger partial charge in [0.1, 0.15) is 28.5 Å². The molecule has 0 aromatic heterocycles. The van der Waals surface area contributed by atoms with E-state index in [9.17, 15) is 0 Å². The van der Waals surface area contributed by atoms with E-state index in [0.717, 1.165) is 0 Å². The Morgan fingerprint density at radius 2 is 0.556 bits per heavy atom. The lowest BCUT2D eigenvalue weighted by Gasteiger charge is -2.40. The molecule has 0 radical (unpaired) electrons. The molecule has 45 heavy (non-hydrogen) atoms. The molecule has 0 fully saturated rings. The van der Waals surface area contributed by atoms with Gasteiger partial charge in [-0.15, -0.1) is 0 Å². The summed E-state index contributed by atoms with van der Waals surface area (Å²) in [5.74, 6) is 0. The molecular formula is C43H34ClP. The first kappa shape index (κ1) is 30.3. The highest BCUT2D eigenvalue weighted by Gasteiger charge is 2.53. The molecule has 0 heterocycles. The zero-order valence-electron chi connectivity index (χ0n) is 25.0. The predicted octanol–water partition coefficient (Wildman–Crippen LogP) is 5.69. The average molecular weight is 617 g/mol. The van der Waals surface area contributed by atoms with Crippen LogP contribution in [0.25, 0.3) is 0 Å². The van der Waals surface area contributed by atoms with Crippen molar-refractivity contribution in [3.05, 3.63) is 229 Å². The lowest BCUT2D eigenvalue weighted by Crippen LogP contribution is -3.00. The minimum absolute atomic E-state index is 0. The summed E-state index contributed by atoms with van der Waals surface area (Å²) in [5, 5.41) is 5.38. The summed E-state index contributed by atoms with van der Waals surface area (Å²) >= 11 is 0. The number of hydrogen-bond acceptors (Lipinski definition) is 0. The van der Waals surface area contributed by atoms with Gasteiger partial charge >= 0.3 is 0 Å². The third-order valence-corrected chi connectivity index (χ3v) is 13.1. The van der Waals surface area contributed by atoms with Crippen LogP contribution in [-0.2, 0) is 5.41 Å². The van der Waals surface area contributed by atoms with Crippen LogP contribution in [0, 0.1) is 0 Å². The van der Waals surface area contributed by atoms with Crippen molar-refractivity contribution >= 4 is 28.5 Å². The van der Waals surface area contributed by atoms with Crippen LogP contribution in [0.3, 0.4) is 0 Å². The van der Waals surface area contributed by atoms with E-state index >= 15 is 0 Å². The van der Waals surface area contributed by atoms with Gasteiger partial charge < -0.3 is 12.4 Å². The van der Waals surface area contributed by atoms with Crippen LogP contribution in [0.5, 0.6) is 0 Å². The topological polar surface area (TPSA) is 0 Å². The fourth-order valence-electron chi connectivity index (χ4n) is 6.93. The molecule has 218 valence electrons. The van der Waals surface area contributed by atoms with Crippen molar-refractivity contribution in [1.82, 2.24) is 0 Å². The molecule has 0 aliphatic heterocycles. The molecule has 0 unspecified atom stereocenters. The normalized spacial score (nSPS) is 11.4. The van der Waals surface area contributed by atoms with Gasteiger partial charge in [0.25, 0.3) is 0 Å². The zero-order chi connectivity index (χ0) is 29.7. The Hall–Kier alpha value is -4.74. The lowest BCUT2D eigenvalue weighted by molar-refractivity contribution is -0.00000831. The molecule has 0 saturated heterocycles. The highest BCUT2D eigenvalue weighted by molar-refractivity contribution is 8.01. The van der Waals surface area contributed by atoms with Gasteiger partial charge in [-0.05, 0) is 59.2 Å². The van der Waals surface area contributed by atoms with Crippen molar-refractivity contribution in [2.24, 2.45) is 0 Å². The monoisotopic (exact) mass is 616 g/mol. The van der Waals surface area contributed by atoms with E-state index in [1.54, 1.807) is 0 Å². The van der Waals surface area contributed by atoms with Crippen LogP contribution in [0.1, 0.15) is 22.3 Å². The van der Waals surface area contributed by atoms with Crippen LogP contribution >= 0.6 is 7.26 Å². The van der Waals surface area contributed by atoms with E-state index in [0.29, 0.717) is 0 Å². The van der Waals surface area contributed by atoms with Gasteiger partial charge in [0.05, 0.1) is 5.41 Å². The molecule has 0 nitrogen and oxygen atoms in total. The molecule has 0 spiro atoms. The van der Waals surface area contributed by atoms with Crippen LogP contribution in [0.15, 0.2) is 206 Å². The third kappa shape index (κ3) is 5.21. The summed E-state index contributed by atoms with van der Waals surface area (Å²) in [6.07, 6.45) is 0. The Morgan fingerprint density at radius 1 is 0.289 bits per heavy atom. The van der Waals surface area contributed by atoms with Crippen LogP contribution in [0.2, 0.25) is 0 Å². The maximum absolute atomic E-state index is 2.40. The first-order valence-electron chi connectivity index (χ1n) is 15.2. The number of hydrogen-bond donors (Lipinski definition) is 0. The molecule has 0 atom stereocenters. The minimum Gasteiger partial charge on any atom is -1.00 e. The fourth-order valence-corrected chi connectivity index (χ4v) is 11.4. The Morgan fingerprint density at radius 3 is 0.889 bits per heavy atom. The summed E-state index contributed by atoms with van der Waals surface area (Å²) in [7, 11) is -2.40. The van der Waals surface area contributed by atoms with Crippen LogP contribution < -0.4 is 33.6 Å². The molecule has 2 heteroatoms. The van der Waals surface area contributed by atoms with Gasteiger partial charge in [-0.25, -0.2) is 0 Å². The van der Waals surface area contributed by atoms with E-state index in [1.165, 1.54) is 43.5 Å². The molecular weight excluding hydrogens is 583 g/mol. The Labute approximate surface area is 273 Å². The summed E-state index contributed by atoms with van der Waals surface area (Å²) in [6, 6.07) is 75.9. The summed E-state index contributed by atoms with van der Waals surface area (Å²) in [4.78, 5) is 0. The van der Waals surface area contributed by atoms with Crippen molar-refractivity contribution < 1.29 is 12.4 Å². The van der Waals surface area contributed by atoms with Gasteiger partial charge in [0.2, 0.25) is 0 Å². The van der Waals surface area contributed by atoms with Crippen molar-refractivity contribution in [2.45, 2.75) is 5.41 Å². The van der Waals surface area contributed by atoms with Crippen molar-refractivity contribution in [1.29, 1.82) is 0 Å². The van der Waals surface area contributed by atoms with Crippen LogP contribution in [-0.4, -0.2) is 0 Å². The van der Waals surface area contributed by atoms with Gasteiger partial charge in [-0.1, -0.05) is 164 Å². The van der Waals surface area contributed by atoms with Gasteiger partial charge in [0.15, 0.2) is 0 Å². The molecule has 0 aliphatic rings. The number of halogens is 1. The molecule has 7 aromatic rings. The zero-order valence-corrected chi connectivity index (χ0v) is 26.6. The second kappa shape index (κ2) is 13.5. The summed E-state index contributed by atoms with van der Waals surface area (Å²) in [6.45, 7) is 0. The smallest absolute Gasteiger partial charge is 0.144 e. The first-order valence-corrected chi connectivity index (χ1v) is 17.0. The van der Waals surface area contributed by atoms with E-state index in [-0.39, 0.29) is 12.4 Å². The number of benzene rings is 7. The second-order valence-electron chi connectivity index (χ2n) is 11.0. The molecule has 0 aliphatic carbocycles. The molecule has 0 amide bonds. The Kier molecular flexibility index (Phi) is 9.08. The van der Waals surface area contributed by atoms with Gasteiger partial charge in [-0.3, -0.25) is 0 Å².